The number of imide groups is 1. The predicted octanol–water partition coefficient (Wildman–Crippen LogP) is 3.46. The van der Waals surface area contributed by atoms with E-state index in [2.05, 4.69) is 12.2 Å². The number of nitrogens with one attached hydrogen (secondary N) is 1. The standard InChI is InChI=1S/C21H28N2O3/c1-3-4-6-15-7-5-8-18(15)22-19(24)11-12-23-20(25)16-10-9-14(2)13-17(16)21(23)26/h9-10,13,15,18H,3-8,11-12H2,1-2H3,(H,22,24). The summed E-state index contributed by atoms with van der Waals surface area (Å²) in [6, 6.07) is 5.52. The Bertz CT molecular complexity index is 713. The first-order valence-electron chi connectivity index (χ1n) is 9.77. The van der Waals surface area contributed by atoms with Gasteiger partial charge in [-0.2, -0.15) is 0 Å². The van der Waals surface area contributed by atoms with Crippen molar-refractivity contribution in [1.82, 2.24) is 10.2 Å². The van der Waals surface area contributed by atoms with Crippen LogP contribution >= 0.6 is 0 Å². The largest absolute Gasteiger partial charge is 0.353 e. The fraction of sp³-hybridized carbons (Fsp3) is 0.571. The number of fused-ring (bicyclic) bond motifs is 1. The summed E-state index contributed by atoms with van der Waals surface area (Å²) in [5.74, 6) is -0.0741. The number of rotatable bonds is 7. The third-order valence-corrected chi connectivity index (χ3v) is 5.62. The fourth-order valence-corrected chi connectivity index (χ4v) is 4.14. The molecule has 1 saturated carbocycles. The van der Waals surface area contributed by atoms with Gasteiger partial charge in [0.25, 0.3) is 11.8 Å². The van der Waals surface area contributed by atoms with Crippen LogP contribution in [-0.2, 0) is 4.79 Å². The van der Waals surface area contributed by atoms with E-state index >= 15 is 0 Å². The minimum atomic E-state index is -0.292. The molecule has 0 spiro atoms. The molecule has 0 radical (unpaired) electrons. The number of unbranched alkanes of at least 4 members (excludes halogenated alkanes) is 1. The smallest absolute Gasteiger partial charge is 0.261 e. The molecule has 3 rings (SSSR count). The maximum Gasteiger partial charge on any atom is 0.261 e. The zero-order valence-electron chi connectivity index (χ0n) is 15.7. The van der Waals surface area contributed by atoms with Gasteiger partial charge in [-0.15, -0.1) is 0 Å². The van der Waals surface area contributed by atoms with Crippen LogP contribution in [0, 0.1) is 12.8 Å². The summed E-state index contributed by atoms with van der Waals surface area (Å²) in [5, 5.41) is 3.13. The Kier molecular flexibility index (Phi) is 5.74. The average Bonchev–Trinajstić information content (AvgIpc) is 3.14. The maximum atomic E-state index is 12.5. The van der Waals surface area contributed by atoms with Crippen molar-refractivity contribution in [2.45, 2.75) is 64.8 Å². The molecule has 5 nitrogen and oxygen atoms in total. The van der Waals surface area contributed by atoms with Crippen LogP contribution in [0.3, 0.4) is 0 Å². The molecule has 26 heavy (non-hydrogen) atoms. The Morgan fingerprint density at radius 2 is 1.96 bits per heavy atom. The molecule has 140 valence electrons. The summed E-state index contributed by atoms with van der Waals surface area (Å²) >= 11 is 0. The quantitative estimate of drug-likeness (QED) is 0.761. The van der Waals surface area contributed by atoms with Crippen LogP contribution in [-0.4, -0.2) is 35.2 Å². The summed E-state index contributed by atoms with van der Waals surface area (Å²) in [5.41, 5.74) is 1.84. The molecular weight excluding hydrogens is 328 g/mol. The monoisotopic (exact) mass is 356 g/mol. The molecule has 1 fully saturated rings. The number of hydrogen-bond acceptors (Lipinski definition) is 3. The molecule has 1 N–H and O–H groups in total. The van der Waals surface area contributed by atoms with Gasteiger partial charge >= 0.3 is 0 Å². The van der Waals surface area contributed by atoms with E-state index in [1.165, 1.54) is 30.6 Å². The Morgan fingerprint density at radius 1 is 1.19 bits per heavy atom. The van der Waals surface area contributed by atoms with Crippen molar-refractivity contribution in [2.24, 2.45) is 5.92 Å². The van der Waals surface area contributed by atoms with Gasteiger partial charge in [-0.05, 0) is 44.2 Å². The third-order valence-electron chi connectivity index (χ3n) is 5.62. The number of nitrogens with zero attached hydrogens (tertiary/aromatic N) is 1. The lowest BCUT2D eigenvalue weighted by Crippen LogP contribution is -2.40. The van der Waals surface area contributed by atoms with Crippen molar-refractivity contribution in [1.29, 1.82) is 0 Å². The van der Waals surface area contributed by atoms with Crippen LogP contribution in [0.1, 0.15) is 78.1 Å². The second-order valence-electron chi connectivity index (χ2n) is 7.57. The summed E-state index contributed by atoms with van der Waals surface area (Å²) in [4.78, 5) is 38.4. The van der Waals surface area contributed by atoms with E-state index in [0.717, 1.165) is 18.4 Å². The molecule has 2 unspecified atom stereocenters. The Hall–Kier alpha value is -2.17. The molecule has 1 aliphatic carbocycles. The van der Waals surface area contributed by atoms with Gasteiger partial charge in [-0.1, -0.05) is 37.8 Å². The van der Waals surface area contributed by atoms with Crippen molar-refractivity contribution >= 4 is 17.7 Å². The number of carbonyl (C=O) groups excluding carboxylic acids is 3. The van der Waals surface area contributed by atoms with E-state index < -0.39 is 0 Å². The number of benzene rings is 1. The molecule has 2 atom stereocenters. The molecule has 1 heterocycles. The number of hydrogen-bond donors (Lipinski definition) is 1. The molecule has 0 saturated heterocycles. The van der Waals surface area contributed by atoms with Gasteiger partial charge in [-0.25, -0.2) is 0 Å². The van der Waals surface area contributed by atoms with E-state index in [1.54, 1.807) is 12.1 Å². The average molecular weight is 356 g/mol. The Morgan fingerprint density at radius 3 is 2.73 bits per heavy atom. The summed E-state index contributed by atoms with van der Waals surface area (Å²) in [6.07, 6.45) is 7.09. The van der Waals surface area contributed by atoms with E-state index in [4.69, 9.17) is 0 Å². The number of aryl methyl sites for hydroxylation is 1. The molecule has 2 aliphatic rings. The molecule has 0 aromatic heterocycles. The second kappa shape index (κ2) is 8.02. The van der Waals surface area contributed by atoms with Gasteiger partial charge in [0.15, 0.2) is 0 Å². The van der Waals surface area contributed by atoms with Crippen molar-refractivity contribution in [2.75, 3.05) is 6.54 Å². The van der Waals surface area contributed by atoms with Gasteiger partial charge < -0.3 is 5.32 Å². The van der Waals surface area contributed by atoms with Gasteiger partial charge in [0.1, 0.15) is 0 Å². The molecular formula is C21H28N2O3. The summed E-state index contributed by atoms with van der Waals surface area (Å²) in [7, 11) is 0. The number of amides is 3. The minimum Gasteiger partial charge on any atom is -0.353 e. The fourth-order valence-electron chi connectivity index (χ4n) is 4.14. The lowest BCUT2D eigenvalue weighted by molar-refractivity contribution is -0.122. The van der Waals surface area contributed by atoms with Crippen molar-refractivity contribution in [3.05, 3.63) is 34.9 Å². The van der Waals surface area contributed by atoms with E-state index in [1.807, 2.05) is 13.0 Å². The zero-order chi connectivity index (χ0) is 18.7. The highest BCUT2D eigenvalue weighted by Gasteiger charge is 2.35. The van der Waals surface area contributed by atoms with Crippen LogP contribution in [0.15, 0.2) is 18.2 Å². The lowest BCUT2D eigenvalue weighted by atomic mass is 9.97. The van der Waals surface area contributed by atoms with Crippen LogP contribution in [0.2, 0.25) is 0 Å². The topological polar surface area (TPSA) is 66.5 Å². The Labute approximate surface area is 155 Å². The maximum absolute atomic E-state index is 12.5. The van der Waals surface area contributed by atoms with Crippen molar-refractivity contribution in [3.8, 4) is 0 Å². The van der Waals surface area contributed by atoms with Crippen LogP contribution < -0.4 is 5.32 Å². The van der Waals surface area contributed by atoms with Crippen LogP contribution in [0.5, 0.6) is 0 Å². The van der Waals surface area contributed by atoms with Crippen LogP contribution in [0.25, 0.3) is 0 Å². The normalized spacial score (nSPS) is 22.0. The molecule has 1 aromatic rings. The molecule has 0 bridgehead atoms. The van der Waals surface area contributed by atoms with Crippen molar-refractivity contribution < 1.29 is 14.4 Å². The van der Waals surface area contributed by atoms with E-state index in [9.17, 15) is 14.4 Å². The summed E-state index contributed by atoms with van der Waals surface area (Å²) in [6.45, 7) is 4.22. The third kappa shape index (κ3) is 3.81. The first-order chi connectivity index (χ1) is 12.5. The zero-order valence-corrected chi connectivity index (χ0v) is 15.7. The minimum absolute atomic E-state index is 0.0638. The highest BCUT2D eigenvalue weighted by molar-refractivity contribution is 6.21. The molecule has 1 aromatic carbocycles. The van der Waals surface area contributed by atoms with Crippen molar-refractivity contribution in [3.63, 3.8) is 0 Å². The number of carbonyl (C=O) groups is 3. The second-order valence-corrected chi connectivity index (χ2v) is 7.57. The first kappa shape index (κ1) is 18.6. The molecule has 3 amide bonds. The first-order valence-corrected chi connectivity index (χ1v) is 9.77. The van der Waals surface area contributed by atoms with Gasteiger partial charge in [0.05, 0.1) is 11.1 Å². The molecule has 1 aliphatic heterocycles. The highest BCUT2D eigenvalue weighted by atomic mass is 16.2. The SMILES string of the molecule is CCCCC1CCCC1NC(=O)CCN1C(=O)c2ccc(C)cc2C1=O. The Balaban J connectivity index is 1.54. The van der Waals surface area contributed by atoms with Gasteiger partial charge in [0, 0.05) is 19.0 Å². The van der Waals surface area contributed by atoms with Crippen LogP contribution in [0.4, 0.5) is 0 Å². The van der Waals surface area contributed by atoms with E-state index in [0.29, 0.717) is 17.0 Å². The highest BCUT2D eigenvalue weighted by Crippen LogP contribution is 2.30. The summed E-state index contributed by atoms with van der Waals surface area (Å²) < 4.78 is 0. The lowest BCUT2D eigenvalue weighted by Gasteiger charge is -2.21. The van der Waals surface area contributed by atoms with E-state index in [-0.39, 0.29) is 36.7 Å². The molecule has 5 heteroatoms. The van der Waals surface area contributed by atoms with Gasteiger partial charge in [0.2, 0.25) is 5.91 Å². The predicted molar refractivity (Wildman–Crippen MR) is 100.0 cm³/mol. The van der Waals surface area contributed by atoms with Gasteiger partial charge in [-0.3, -0.25) is 19.3 Å².